The number of aryl methyl sites for hydroxylation is 1. The van der Waals surface area contributed by atoms with Crippen molar-refractivity contribution < 1.29 is 0 Å². The van der Waals surface area contributed by atoms with Crippen LogP contribution in [0.25, 0.3) is 0 Å². The van der Waals surface area contributed by atoms with Gasteiger partial charge in [0.2, 0.25) is 5.95 Å². The van der Waals surface area contributed by atoms with Crippen LogP contribution in [0.15, 0.2) is 16.2 Å². The van der Waals surface area contributed by atoms with Gasteiger partial charge in [0, 0.05) is 49.6 Å². The summed E-state index contributed by atoms with van der Waals surface area (Å²) >= 11 is 1.82. The molecular weight excluding hydrogens is 320 g/mol. The molecule has 4 rings (SSSR count). The van der Waals surface area contributed by atoms with E-state index in [4.69, 9.17) is 4.98 Å². The molecule has 2 aliphatic rings. The van der Waals surface area contributed by atoms with E-state index in [1.807, 2.05) is 11.3 Å². The average Bonchev–Trinajstić information content (AvgIpc) is 3.19. The summed E-state index contributed by atoms with van der Waals surface area (Å²) in [5, 5.41) is 2.16. The van der Waals surface area contributed by atoms with E-state index >= 15 is 0 Å². The number of aromatic nitrogens is 2. The number of anilines is 1. The highest BCUT2D eigenvalue weighted by molar-refractivity contribution is 7.10. The van der Waals surface area contributed by atoms with Gasteiger partial charge in [-0.3, -0.25) is 14.7 Å². The lowest BCUT2D eigenvalue weighted by molar-refractivity contribution is 0.281. The number of hydrogen-bond acceptors (Lipinski definition) is 5. The fourth-order valence-corrected chi connectivity index (χ4v) is 4.60. The normalized spacial score (nSPS) is 18.6. The van der Waals surface area contributed by atoms with Gasteiger partial charge in [-0.25, -0.2) is 4.98 Å². The molecule has 2 aliphatic heterocycles. The Hall–Kier alpha value is -1.66. The molecule has 0 bridgehead atoms. The summed E-state index contributed by atoms with van der Waals surface area (Å²) in [5.74, 6) is 0.777. The molecule has 2 aromatic rings. The Labute approximate surface area is 146 Å². The number of nitrogens with one attached hydrogen (secondary N) is 1. The molecule has 24 heavy (non-hydrogen) atoms. The Morgan fingerprint density at radius 3 is 2.75 bits per heavy atom. The molecule has 128 valence electrons. The molecule has 0 radical (unpaired) electrons. The van der Waals surface area contributed by atoms with Crippen LogP contribution in [0.4, 0.5) is 5.95 Å². The maximum atomic E-state index is 12.5. The molecule has 4 heterocycles. The number of fused-ring (bicyclic) bond motifs is 1. The highest BCUT2D eigenvalue weighted by Crippen LogP contribution is 2.21. The molecule has 0 saturated carbocycles. The largest absolute Gasteiger partial charge is 0.342 e. The molecule has 0 aromatic carbocycles. The highest BCUT2D eigenvalue weighted by atomic mass is 32.1. The lowest BCUT2D eigenvalue weighted by Gasteiger charge is -2.19. The first-order valence-electron chi connectivity index (χ1n) is 8.83. The van der Waals surface area contributed by atoms with Gasteiger partial charge < -0.3 is 4.90 Å². The number of nitrogens with zero attached hydrogens (tertiary/aromatic N) is 3. The topological polar surface area (TPSA) is 52.2 Å². The van der Waals surface area contributed by atoms with E-state index in [2.05, 4.69) is 33.2 Å². The maximum Gasteiger partial charge on any atom is 0.255 e. The lowest BCUT2D eigenvalue weighted by Crippen LogP contribution is -2.27. The molecule has 5 nitrogen and oxygen atoms in total. The van der Waals surface area contributed by atoms with E-state index in [-0.39, 0.29) is 5.56 Å². The second-order valence-corrected chi connectivity index (χ2v) is 7.81. The molecule has 0 aliphatic carbocycles. The van der Waals surface area contributed by atoms with E-state index in [1.54, 1.807) is 0 Å². The predicted molar refractivity (Wildman–Crippen MR) is 98.0 cm³/mol. The zero-order valence-corrected chi connectivity index (χ0v) is 15.0. The fourth-order valence-electron chi connectivity index (χ4n) is 3.65. The summed E-state index contributed by atoms with van der Waals surface area (Å²) < 4.78 is 0. The quantitative estimate of drug-likeness (QED) is 0.929. The van der Waals surface area contributed by atoms with Crippen LogP contribution < -0.4 is 10.5 Å². The summed E-state index contributed by atoms with van der Waals surface area (Å²) in [5.41, 5.74) is 3.33. The van der Waals surface area contributed by atoms with Crippen molar-refractivity contribution in [2.75, 3.05) is 31.1 Å². The van der Waals surface area contributed by atoms with E-state index in [0.29, 0.717) is 0 Å². The molecule has 1 saturated heterocycles. The molecule has 1 N–H and O–H groups in total. The van der Waals surface area contributed by atoms with Gasteiger partial charge >= 0.3 is 0 Å². The zero-order valence-electron chi connectivity index (χ0n) is 14.2. The fraction of sp³-hybridized carbons (Fsp3) is 0.556. The Kier molecular flexibility index (Phi) is 4.41. The molecule has 6 heteroatoms. The number of thiophene rings is 1. The van der Waals surface area contributed by atoms with Crippen molar-refractivity contribution in [1.29, 1.82) is 0 Å². The second-order valence-electron chi connectivity index (χ2n) is 6.81. The Bertz CT molecular complexity index is 776. The maximum absolute atomic E-state index is 12.5. The van der Waals surface area contributed by atoms with Gasteiger partial charge in [-0.1, -0.05) is 0 Å². The minimum atomic E-state index is 0.0658. The van der Waals surface area contributed by atoms with Crippen LogP contribution in [0.3, 0.4) is 0 Å². The van der Waals surface area contributed by atoms with Gasteiger partial charge in [-0.15, -0.1) is 11.3 Å². The Morgan fingerprint density at radius 1 is 1.21 bits per heavy atom. The van der Waals surface area contributed by atoms with Crippen molar-refractivity contribution >= 4 is 17.3 Å². The van der Waals surface area contributed by atoms with Crippen LogP contribution in [0.2, 0.25) is 0 Å². The third kappa shape index (κ3) is 3.13. The van der Waals surface area contributed by atoms with Crippen molar-refractivity contribution in [1.82, 2.24) is 14.9 Å². The van der Waals surface area contributed by atoms with E-state index in [9.17, 15) is 4.79 Å². The van der Waals surface area contributed by atoms with Crippen molar-refractivity contribution in [3.05, 3.63) is 43.5 Å². The third-order valence-electron chi connectivity index (χ3n) is 5.17. The van der Waals surface area contributed by atoms with Gasteiger partial charge in [0.1, 0.15) is 0 Å². The molecule has 0 unspecified atom stereocenters. The summed E-state index contributed by atoms with van der Waals surface area (Å²) in [6, 6.07) is 2.18. The summed E-state index contributed by atoms with van der Waals surface area (Å²) in [6.07, 6.45) is 4.04. The molecule has 0 spiro atoms. The molecular formula is C18H24N4OS. The van der Waals surface area contributed by atoms with Crippen LogP contribution in [0, 0.1) is 6.92 Å². The molecule has 0 atom stereocenters. The zero-order chi connectivity index (χ0) is 16.5. The average molecular weight is 344 g/mol. The molecule has 0 amide bonds. The first-order chi connectivity index (χ1) is 11.7. The highest BCUT2D eigenvalue weighted by Gasteiger charge is 2.22. The van der Waals surface area contributed by atoms with Gasteiger partial charge in [0.15, 0.2) is 0 Å². The third-order valence-corrected chi connectivity index (χ3v) is 6.18. The molecule has 1 fully saturated rings. The number of aromatic amines is 1. The van der Waals surface area contributed by atoms with Crippen molar-refractivity contribution in [2.45, 2.75) is 39.2 Å². The minimum absolute atomic E-state index is 0.0658. The van der Waals surface area contributed by atoms with E-state index < -0.39 is 0 Å². The number of H-pyrrole nitrogens is 1. The smallest absolute Gasteiger partial charge is 0.255 e. The lowest BCUT2D eigenvalue weighted by atomic mass is 10.1. The van der Waals surface area contributed by atoms with Crippen LogP contribution in [-0.2, 0) is 19.4 Å². The first kappa shape index (κ1) is 15.8. The van der Waals surface area contributed by atoms with E-state index in [0.717, 1.165) is 62.8 Å². The van der Waals surface area contributed by atoms with Crippen LogP contribution in [-0.4, -0.2) is 41.0 Å². The van der Waals surface area contributed by atoms with E-state index in [1.165, 1.54) is 23.3 Å². The summed E-state index contributed by atoms with van der Waals surface area (Å²) in [6.45, 7) is 7.07. The predicted octanol–water partition coefficient (Wildman–Crippen LogP) is 2.34. The standard InChI is InChI=1S/C18H24N4OS/c1-13-6-11-24-16(13)12-21-9-4-14-15(5-10-21)19-18(20-17(14)23)22-7-2-3-8-22/h6,11H,2-5,7-10,12H2,1H3,(H,19,20,23). The van der Waals surface area contributed by atoms with Gasteiger partial charge in [-0.05, 0) is 43.2 Å². The van der Waals surface area contributed by atoms with Gasteiger partial charge in [0.05, 0.1) is 5.69 Å². The van der Waals surface area contributed by atoms with Gasteiger partial charge in [0.25, 0.3) is 5.56 Å². The van der Waals surface area contributed by atoms with Crippen LogP contribution in [0.1, 0.15) is 34.5 Å². The monoisotopic (exact) mass is 344 g/mol. The second kappa shape index (κ2) is 6.69. The van der Waals surface area contributed by atoms with Crippen molar-refractivity contribution in [3.8, 4) is 0 Å². The Balaban J connectivity index is 1.53. The summed E-state index contributed by atoms with van der Waals surface area (Å²) in [4.78, 5) is 26.5. The number of rotatable bonds is 3. The van der Waals surface area contributed by atoms with Gasteiger partial charge in [-0.2, -0.15) is 0 Å². The van der Waals surface area contributed by atoms with Crippen LogP contribution >= 0.6 is 11.3 Å². The first-order valence-corrected chi connectivity index (χ1v) is 9.71. The van der Waals surface area contributed by atoms with Crippen molar-refractivity contribution in [3.63, 3.8) is 0 Å². The number of hydrogen-bond donors (Lipinski definition) is 1. The van der Waals surface area contributed by atoms with Crippen LogP contribution in [0.5, 0.6) is 0 Å². The summed E-state index contributed by atoms with van der Waals surface area (Å²) in [7, 11) is 0. The SMILES string of the molecule is Cc1ccsc1CN1CCc2nc(N3CCCC3)[nH]c(=O)c2CC1. The van der Waals surface area contributed by atoms with Crippen molar-refractivity contribution in [2.24, 2.45) is 0 Å². The minimum Gasteiger partial charge on any atom is -0.342 e. The molecule has 2 aromatic heterocycles. The Morgan fingerprint density at radius 2 is 2.00 bits per heavy atom.